The van der Waals surface area contributed by atoms with Crippen molar-refractivity contribution < 1.29 is 28.5 Å². The fourth-order valence-corrected chi connectivity index (χ4v) is 3.18. The van der Waals surface area contributed by atoms with Crippen molar-refractivity contribution in [3.63, 3.8) is 0 Å². The molecule has 0 aliphatic carbocycles. The molecule has 0 saturated heterocycles. The van der Waals surface area contributed by atoms with Crippen molar-refractivity contribution in [3.05, 3.63) is 59.7 Å². The SMILES string of the molecule is COc1ccc(CN[C@@H](CCCNC(=O)OCc2ccccc2)C(=O)OC(C)(C)C)c(OC)c1. The van der Waals surface area contributed by atoms with Crippen molar-refractivity contribution in [1.29, 1.82) is 0 Å². The van der Waals surface area contributed by atoms with Gasteiger partial charge in [-0.25, -0.2) is 4.79 Å². The molecule has 0 heterocycles. The lowest BCUT2D eigenvalue weighted by atomic mass is 10.1. The number of ether oxygens (including phenoxy) is 4. The van der Waals surface area contributed by atoms with Crippen LogP contribution in [0.1, 0.15) is 44.7 Å². The highest BCUT2D eigenvalue weighted by atomic mass is 16.6. The number of hydrogen-bond donors (Lipinski definition) is 2. The third-order valence-electron chi connectivity index (χ3n) is 4.88. The maximum atomic E-state index is 12.8. The van der Waals surface area contributed by atoms with E-state index in [9.17, 15) is 9.59 Å². The Hall–Kier alpha value is -3.26. The van der Waals surface area contributed by atoms with Gasteiger partial charge in [-0.3, -0.25) is 4.79 Å². The first-order chi connectivity index (χ1) is 16.2. The highest BCUT2D eigenvalue weighted by molar-refractivity contribution is 5.76. The molecule has 1 atom stereocenters. The summed E-state index contributed by atoms with van der Waals surface area (Å²) in [5, 5.41) is 5.99. The number of hydrogen-bond acceptors (Lipinski definition) is 7. The van der Waals surface area contributed by atoms with E-state index < -0.39 is 17.7 Å². The van der Waals surface area contributed by atoms with E-state index in [4.69, 9.17) is 18.9 Å². The number of esters is 1. The maximum Gasteiger partial charge on any atom is 0.407 e. The van der Waals surface area contributed by atoms with E-state index in [1.54, 1.807) is 20.3 Å². The van der Waals surface area contributed by atoms with Gasteiger partial charge in [0.15, 0.2) is 0 Å². The number of amides is 1. The minimum atomic E-state index is -0.603. The van der Waals surface area contributed by atoms with Crippen molar-refractivity contribution in [3.8, 4) is 11.5 Å². The fourth-order valence-electron chi connectivity index (χ4n) is 3.18. The van der Waals surface area contributed by atoms with Gasteiger partial charge in [0.2, 0.25) is 0 Å². The Morgan fingerprint density at radius 2 is 1.74 bits per heavy atom. The second-order valence-electron chi connectivity index (χ2n) is 8.78. The van der Waals surface area contributed by atoms with E-state index in [-0.39, 0.29) is 12.6 Å². The molecular weight excluding hydrogens is 436 g/mol. The molecule has 2 aromatic rings. The Morgan fingerprint density at radius 1 is 1.00 bits per heavy atom. The Balaban J connectivity index is 1.88. The highest BCUT2D eigenvalue weighted by Crippen LogP contribution is 2.24. The third kappa shape index (κ3) is 9.70. The Bertz CT molecular complexity index is 911. The van der Waals surface area contributed by atoms with Crippen molar-refractivity contribution in [2.45, 2.75) is 58.4 Å². The summed E-state index contributed by atoms with van der Waals surface area (Å²) in [6.45, 7) is 6.48. The second-order valence-corrected chi connectivity index (χ2v) is 8.78. The van der Waals surface area contributed by atoms with Crippen LogP contribution in [0.2, 0.25) is 0 Å². The minimum absolute atomic E-state index is 0.207. The topological polar surface area (TPSA) is 95.1 Å². The smallest absolute Gasteiger partial charge is 0.407 e. The van der Waals surface area contributed by atoms with Crippen LogP contribution < -0.4 is 20.1 Å². The number of methoxy groups -OCH3 is 2. The van der Waals surface area contributed by atoms with E-state index >= 15 is 0 Å². The van der Waals surface area contributed by atoms with Crippen molar-refractivity contribution in [1.82, 2.24) is 10.6 Å². The van der Waals surface area contributed by atoms with Crippen molar-refractivity contribution in [2.75, 3.05) is 20.8 Å². The number of nitrogens with one attached hydrogen (secondary N) is 2. The van der Waals surface area contributed by atoms with Crippen LogP contribution >= 0.6 is 0 Å². The molecule has 0 radical (unpaired) electrons. The molecule has 8 heteroatoms. The largest absolute Gasteiger partial charge is 0.497 e. The van der Waals surface area contributed by atoms with Crippen LogP contribution in [0.5, 0.6) is 11.5 Å². The van der Waals surface area contributed by atoms with E-state index in [0.29, 0.717) is 37.4 Å². The van der Waals surface area contributed by atoms with Crippen LogP contribution in [0.3, 0.4) is 0 Å². The highest BCUT2D eigenvalue weighted by Gasteiger charge is 2.25. The summed E-state index contributed by atoms with van der Waals surface area (Å²) in [5.41, 5.74) is 1.20. The number of carbonyl (C=O) groups excluding carboxylic acids is 2. The zero-order chi connectivity index (χ0) is 25.0. The molecule has 0 fully saturated rings. The molecule has 0 spiro atoms. The van der Waals surface area contributed by atoms with Crippen molar-refractivity contribution in [2.24, 2.45) is 0 Å². The van der Waals surface area contributed by atoms with Gasteiger partial charge in [0, 0.05) is 24.7 Å². The average Bonchev–Trinajstić information content (AvgIpc) is 2.81. The van der Waals surface area contributed by atoms with E-state index in [2.05, 4.69) is 10.6 Å². The molecule has 2 aromatic carbocycles. The van der Waals surface area contributed by atoms with Gasteiger partial charge >= 0.3 is 12.1 Å². The summed E-state index contributed by atoms with van der Waals surface area (Å²) in [5.74, 6) is 1.01. The number of benzene rings is 2. The van der Waals surface area contributed by atoms with Crippen LogP contribution in [0.25, 0.3) is 0 Å². The van der Waals surface area contributed by atoms with E-state index in [0.717, 1.165) is 11.1 Å². The second kappa shape index (κ2) is 13.4. The summed E-state index contributed by atoms with van der Waals surface area (Å²) in [7, 11) is 3.18. The monoisotopic (exact) mass is 472 g/mol. The first-order valence-electron chi connectivity index (χ1n) is 11.3. The van der Waals surface area contributed by atoms with E-state index in [1.807, 2.05) is 63.2 Å². The maximum absolute atomic E-state index is 12.8. The van der Waals surface area contributed by atoms with Gasteiger partial charge < -0.3 is 29.6 Å². The van der Waals surface area contributed by atoms with Gasteiger partial charge in [-0.1, -0.05) is 36.4 Å². The zero-order valence-electron chi connectivity index (χ0n) is 20.7. The minimum Gasteiger partial charge on any atom is -0.497 e. The van der Waals surface area contributed by atoms with Gasteiger partial charge in [0.1, 0.15) is 29.7 Å². The number of alkyl carbamates (subject to hydrolysis) is 1. The van der Waals surface area contributed by atoms with Crippen LogP contribution in [-0.2, 0) is 27.4 Å². The molecule has 186 valence electrons. The summed E-state index contributed by atoms with van der Waals surface area (Å²) in [6.07, 6.45) is 0.553. The lowest BCUT2D eigenvalue weighted by Crippen LogP contribution is -2.41. The predicted molar refractivity (Wildman–Crippen MR) is 130 cm³/mol. The van der Waals surface area contributed by atoms with Gasteiger partial charge in [0.05, 0.1) is 14.2 Å². The van der Waals surface area contributed by atoms with Gasteiger partial charge in [-0.05, 0) is 45.2 Å². The summed E-state index contributed by atoms with van der Waals surface area (Å²) >= 11 is 0. The van der Waals surface area contributed by atoms with Gasteiger partial charge in [-0.15, -0.1) is 0 Å². The molecule has 0 unspecified atom stereocenters. The fraction of sp³-hybridized carbons (Fsp3) is 0.462. The number of rotatable bonds is 12. The molecule has 0 aliphatic heterocycles. The average molecular weight is 473 g/mol. The molecule has 8 nitrogen and oxygen atoms in total. The van der Waals surface area contributed by atoms with Gasteiger partial charge in [0.25, 0.3) is 0 Å². The van der Waals surface area contributed by atoms with E-state index in [1.165, 1.54) is 0 Å². The van der Waals surface area contributed by atoms with Crippen molar-refractivity contribution >= 4 is 12.1 Å². The first kappa shape index (κ1) is 27.0. The lowest BCUT2D eigenvalue weighted by molar-refractivity contribution is -0.157. The molecule has 0 saturated carbocycles. The Kier molecular flexibility index (Phi) is 10.7. The van der Waals surface area contributed by atoms with Crippen LogP contribution in [0.15, 0.2) is 48.5 Å². The molecule has 0 bridgehead atoms. The molecule has 0 aliphatic rings. The molecular formula is C26H36N2O6. The third-order valence-corrected chi connectivity index (χ3v) is 4.88. The molecule has 2 N–H and O–H groups in total. The molecule has 34 heavy (non-hydrogen) atoms. The normalized spacial score (nSPS) is 11.9. The first-order valence-corrected chi connectivity index (χ1v) is 11.3. The van der Waals surface area contributed by atoms with Crippen LogP contribution in [-0.4, -0.2) is 44.5 Å². The summed E-state index contributed by atoms with van der Waals surface area (Å²) < 4.78 is 21.5. The van der Waals surface area contributed by atoms with Gasteiger partial charge in [-0.2, -0.15) is 0 Å². The quantitative estimate of drug-likeness (QED) is 0.353. The molecule has 2 rings (SSSR count). The zero-order valence-corrected chi connectivity index (χ0v) is 20.7. The molecule has 1 amide bonds. The summed E-state index contributed by atoms with van der Waals surface area (Å²) in [4.78, 5) is 24.7. The summed E-state index contributed by atoms with van der Waals surface area (Å²) in [6, 6.07) is 14.4. The van der Waals surface area contributed by atoms with Crippen LogP contribution in [0.4, 0.5) is 4.79 Å². The van der Waals surface area contributed by atoms with Crippen LogP contribution in [0, 0.1) is 0 Å². The molecule has 0 aromatic heterocycles. The lowest BCUT2D eigenvalue weighted by Gasteiger charge is -2.25. The Labute approximate surface area is 201 Å². The Morgan fingerprint density at radius 3 is 2.38 bits per heavy atom. The predicted octanol–water partition coefficient (Wildman–Crippen LogP) is 4.21. The standard InChI is InChI=1S/C26H36N2O6/c1-26(2,3)34-24(29)22(28-17-20-13-14-21(31-4)16-23(20)32-5)12-9-15-27-25(30)33-18-19-10-7-6-8-11-19/h6-8,10-11,13-14,16,22,28H,9,12,15,17-18H2,1-5H3,(H,27,30)/t22-/m0/s1. The number of carbonyl (C=O) groups is 2.